The quantitative estimate of drug-likeness (QED) is 0.944. The van der Waals surface area contributed by atoms with E-state index in [0.29, 0.717) is 10.6 Å². The van der Waals surface area contributed by atoms with Gasteiger partial charge in [0.05, 0.1) is 12.7 Å². The molecule has 0 bridgehead atoms. The van der Waals surface area contributed by atoms with Gasteiger partial charge < -0.3 is 5.73 Å². The minimum Gasteiger partial charge on any atom is -0.326 e. The lowest BCUT2D eigenvalue weighted by Crippen LogP contribution is -2.18. The third-order valence-electron chi connectivity index (χ3n) is 2.68. The highest BCUT2D eigenvalue weighted by Gasteiger charge is 2.37. The molecule has 0 aliphatic heterocycles. The number of aromatic nitrogens is 2. The monoisotopic (exact) mass is 289 g/mol. The van der Waals surface area contributed by atoms with Gasteiger partial charge in [-0.15, -0.1) is 0 Å². The van der Waals surface area contributed by atoms with E-state index >= 15 is 0 Å². The van der Waals surface area contributed by atoms with Gasteiger partial charge in [-0.2, -0.15) is 18.3 Å². The number of benzene rings is 1. The lowest BCUT2D eigenvalue weighted by atomic mass is 10.2. The van der Waals surface area contributed by atoms with Crippen molar-refractivity contribution in [1.29, 1.82) is 0 Å². The van der Waals surface area contributed by atoms with Crippen LogP contribution in [0.2, 0.25) is 5.02 Å². The van der Waals surface area contributed by atoms with Crippen LogP contribution in [0.3, 0.4) is 0 Å². The van der Waals surface area contributed by atoms with Gasteiger partial charge in [0.1, 0.15) is 5.69 Å². The summed E-state index contributed by atoms with van der Waals surface area (Å²) >= 11 is 5.93. The van der Waals surface area contributed by atoms with E-state index in [0.717, 1.165) is 10.9 Å². The minimum atomic E-state index is -4.49. The SMILES string of the molecule is NCc1cnn(Cc2ccccc2Cl)c1C(F)(F)F. The Balaban J connectivity index is 2.42. The third-order valence-corrected chi connectivity index (χ3v) is 3.05. The maximum Gasteiger partial charge on any atom is 0.433 e. The fourth-order valence-corrected chi connectivity index (χ4v) is 2.01. The number of hydrogen-bond donors (Lipinski definition) is 1. The van der Waals surface area contributed by atoms with Crippen LogP contribution in [-0.2, 0) is 19.3 Å². The molecule has 0 amide bonds. The first kappa shape index (κ1) is 13.9. The van der Waals surface area contributed by atoms with Crippen molar-refractivity contribution in [3.05, 3.63) is 52.3 Å². The molecule has 0 spiro atoms. The molecule has 7 heteroatoms. The molecule has 0 aliphatic carbocycles. The second kappa shape index (κ2) is 5.22. The largest absolute Gasteiger partial charge is 0.433 e. The molecular formula is C12H11ClF3N3. The van der Waals surface area contributed by atoms with Crippen LogP contribution in [0.4, 0.5) is 13.2 Å². The Kier molecular flexibility index (Phi) is 3.82. The van der Waals surface area contributed by atoms with Crippen LogP contribution >= 0.6 is 11.6 Å². The predicted octanol–water partition coefficient (Wildman–Crippen LogP) is 3.06. The number of halogens is 4. The Morgan fingerprint density at radius 1 is 1.21 bits per heavy atom. The van der Waals surface area contributed by atoms with Crippen LogP contribution in [0.1, 0.15) is 16.8 Å². The number of nitrogens with zero attached hydrogens (tertiary/aromatic N) is 2. The number of nitrogens with two attached hydrogens (primary N) is 1. The van der Waals surface area contributed by atoms with Crippen LogP contribution in [0.5, 0.6) is 0 Å². The highest BCUT2D eigenvalue weighted by molar-refractivity contribution is 6.31. The Hall–Kier alpha value is -1.53. The van der Waals surface area contributed by atoms with Gasteiger partial charge in [-0.3, -0.25) is 4.68 Å². The summed E-state index contributed by atoms with van der Waals surface area (Å²) in [6.07, 6.45) is -3.36. The van der Waals surface area contributed by atoms with E-state index in [1.807, 2.05) is 0 Å². The molecule has 1 aromatic heterocycles. The maximum absolute atomic E-state index is 13.0. The molecule has 0 unspecified atom stereocenters. The molecule has 0 radical (unpaired) electrons. The first-order valence-electron chi connectivity index (χ1n) is 5.49. The molecular weight excluding hydrogens is 279 g/mol. The second-order valence-electron chi connectivity index (χ2n) is 3.97. The summed E-state index contributed by atoms with van der Waals surface area (Å²) in [4.78, 5) is 0. The fourth-order valence-electron chi connectivity index (χ4n) is 1.81. The molecule has 0 atom stereocenters. The Morgan fingerprint density at radius 3 is 2.47 bits per heavy atom. The molecule has 3 nitrogen and oxygen atoms in total. The first-order valence-corrected chi connectivity index (χ1v) is 5.86. The van der Waals surface area contributed by atoms with Crippen molar-refractivity contribution >= 4 is 11.6 Å². The first-order chi connectivity index (χ1) is 8.93. The van der Waals surface area contributed by atoms with E-state index in [2.05, 4.69) is 5.10 Å². The molecule has 1 aromatic carbocycles. The average molecular weight is 290 g/mol. The predicted molar refractivity (Wildman–Crippen MR) is 65.7 cm³/mol. The molecule has 1 heterocycles. The molecule has 0 aliphatic rings. The van der Waals surface area contributed by atoms with Crippen LogP contribution in [-0.4, -0.2) is 9.78 Å². The summed E-state index contributed by atoms with van der Waals surface area (Å²) in [5.74, 6) is 0. The zero-order valence-electron chi connectivity index (χ0n) is 9.78. The van der Waals surface area contributed by atoms with Gasteiger partial charge in [0, 0.05) is 17.1 Å². The molecule has 2 rings (SSSR count). The average Bonchev–Trinajstić information content (AvgIpc) is 2.75. The summed E-state index contributed by atoms with van der Waals surface area (Å²) in [6.45, 7) is -0.258. The lowest BCUT2D eigenvalue weighted by Gasteiger charge is -2.13. The van der Waals surface area contributed by atoms with Crippen molar-refractivity contribution in [2.24, 2.45) is 5.73 Å². The summed E-state index contributed by atoms with van der Waals surface area (Å²) in [5, 5.41) is 4.15. The molecule has 0 saturated heterocycles. The van der Waals surface area contributed by atoms with Gasteiger partial charge in [0.15, 0.2) is 0 Å². The van der Waals surface area contributed by atoms with E-state index in [-0.39, 0.29) is 18.7 Å². The topological polar surface area (TPSA) is 43.8 Å². The minimum absolute atomic E-state index is 0.0282. The standard InChI is InChI=1S/C12H11ClF3N3/c13-10-4-2-1-3-8(10)7-19-11(12(14,15)16)9(5-17)6-18-19/h1-4,6H,5,7,17H2. The number of hydrogen-bond acceptors (Lipinski definition) is 2. The Labute approximate surface area is 112 Å². The smallest absolute Gasteiger partial charge is 0.326 e. The van der Waals surface area contributed by atoms with Crippen molar-refractivity contribution in [3.8, 4) is 0 Å². The van der Waals surface area contributed by atoms with E-state index in [1.165, 1.54) is 0 Å². The highest BCUT2D eigenvalue weighted by atomic mass is 35.5. The third kappa shape index (κ3) is 2.90. The molecule has 2 aromatic rings. The van der Waals surface area contributed by atoms with Crippen LogP contribution < -0.4 is 5.73 Å². The molecule has 0 saturated carbocycles. The zero-order chi connectivity index (χ0) is 14.0. The van der Waals surface area contributed by atoms with Crippen molar-refractivity contribution in [1.82, 2.24) is 9.78 Å². The summed E-state index contributed by atoms with van der Waals surface area (Å²) in [7, 11) is 0. The fraction of sp³-hybridized carbons (Fsp3) is 0.250. The van der Waals surface area contributed by atoms with Gasteiger partial charge in [0.2, 0.25) is 0 Å². The van der Waals surface area contributed by atoms with Crippen molar-refractivity contribution in [2.75, 3.05) is 0 Å². The molecule has 19 heavy (non-hydrogen) atoms. The van der Waals surface area contributed by atoms with Crippen molar-refractivity contribution in [3.63, 3.8) is 0 Å². The van der Waals surface area contributed by atoms with Crippen molar-refractivity contribution < 1.29 is 13.2 Å². The Bertz CT molecular complexity index is 578. The summed E-state index contributed by atoms with van der Waals surface area (Å²) in [6, 6.07) is 6.70. The summed E-state index contributed by atoms with van der Waals surface area (Å²) < 4.78 is 39.8. The zero-order valence-corrected chi connectivity index (χ0v) is 10.5. The lowest BCUT2D eigenvalue weighted by molar-refractivity contribution is -0.144. The van der Waals surface area contributed by atoms with E-state index in [4.69, 9.17) is 17.3 Å². The highest BCUT2D eigenvalue weighted by Crippen LogP contribution is 2.32. The van der Waals surface area contributed by atoms with Crippen LogP contribution in [0, 0.1) is 0 Å². The van der Waals surface area contributed by atoms with Crippen LogP contribution in [0.15, 0.2) is 30.5 Å². The molecule has 102 valence electrons. The normalized spacial score (nSPS) is 11.8. The Morgan fingerprint density at radius 2 is 1.89 bits per heavy atom. The van der Waals surface area contributed by atoms with E-state index < -0.39 is 11.9 Å². The van der Waals surface area contributed by atoms with E-state index in [1.54, 1.807) is 24.3 Å². The van der Waals surface area contributed by atoms with Gasteiger partial charge in [0.25, 0.3) is 0 Å². The van der Waals surface area contributed by atoms with Crippen LogP contribution in [0.25, 0.3) is 0 Å². The maximum atomic E-state index is 13.0. The van der Waals surface area contributed by atoms with Crippen molar-refractivity contribution in [2.45, 2.75) is 19.3 Å². The van der Waals surface area contributed by atoms with Gasteiger partial charge >= 0.3 is 6.18 Å². The van der Waals surface area contributed by atoms with Gasteiger partial charge in [-0.25, -0.2) is 0 Å². The van der Waals surface area contributed by atoms with Gasteiger partial charge in [-0.1, -0.05) is 29.8 Å². The molecule has 0 fully saturated rings. The van der Waals surface area contributed by atoms with Gasteiger partial charge in [-0.05, 0) is 11.6 Å². The number of rotatable bonds is 3. The summed E-state index contributed by atoms with van der Waals surface area (Å²) in [5.41, 5.74) is 5.02. The van der Waals surface area contributed by atoms with E-state index in [9.17, 15) is 13.2 Å². The number of alkyl halides is 3. The molecule has 2 N–H and O–H groups in total. The second-order valence-corrected chi connectivity index (χ2v) is 4.38.